The maximum atomic E-state index is 10.9. The maximum absolute atomic E-state index is 10.9. The zero-order valence-corrected chi connectivity index (χ0v) is 16.9. The van der Waals surface area contributed by atoms with E-state index in [1.807, 2.05) is 67.7 Å². The summed E-state index contributed by atoms with van der Waals surface area (Å²) >= 11 is 3.42. The second-order valence-corrected chi connectivity index (χ2v) is 7.31. The van der Waals surface area contributed by atoms with Crippen LogP contribution < -0.4 is 4.74 Å². The molecule has 0 saturated heterocycles. The quantitative estimate of drug-likeness (QED) is 0.599. The molecule has 1 atom stereocenters. The van der Waals surface area contributed by atoms with E-state index in [9.17, 15) is 5.11 Å². The molecule has 0 aliphatic heterocycles. The fourth-order valence-corrected chi connectivity index (χ4v) is 2.84. The van der Waals surface area contributed by atoms with E-state index >= 15 is 0 Å². The van der Waals surface area contributed by atoms with Crippen molar-refractivity contribution in [3.8, 4) is 5.75 Å². The predicted octanol–water partition coefficient (Wildman–Crippen LogP) is 4.76. The van der Waals surface area contributed by atoms with Crippen LogP contribution in [0.2, 0.25) is 0 Å². The summed E-state index contributed by atoms with van der Waals surface area (Å²) in [4.78, 5) is 2.16. The van der Waals surface area contributed by atoms with E-state index in [0.717, 1.165) is 34.4 Å². The molecule has 1 N–H and O–H groups in total. The molecule has 0 bridgehead atoms. The van der Waals surface area contributed by atoms with Crippen LogP contribution in [0.15, 0.2) is 77.8 Å². The first-order chi connectivity index (χ1) is 12.4. The third kappa shape index (κ3) is 5.84. The van der Waals surface area contributed by atoms with Crippen LogP contribution in [-0.4, -0.2) is 36.8 Å². The zero-order chi connectivity index (χ0) is 19.0. The van der Waals surface area contributed by atoms with Gasteiger partial charge in [-0.1, -0.05) is 58.4 Å². The van der Waals surface area contributed by atoms with Crippen molar-refractivity contribution in [2.45, 2.75) is 12.5 Å². The highest BCUT2D eigenvalue weighted by Crippen LogP contribution is 2.31. The van der Waals surface area contributed by atoms with Gasteiger partial charge in [-0.2, -0.15) is 0 Å². The molecule has 0 spiro atoms. The van der Waals surface area contributed by atoms with Crippen molar-refractivity contribution in [1.29, 1.82) is 0 Å². The van der Waals surface area contributed by atoms with Crippen LogP contribution >= 0.6 is 15.9 Å². The van der Waals surface area contributed by atoms with Crippen LogP contribution in [0.3, 0.4) is 0 Å². The number of rotatable bonds is 9. The van der Waals surface area contributed by atoms with Crippen LogP contribution in [0.1, 0.15) is 18.1 Å². The Bertz CT molecular complexity index is 721. The monoisotopic (exact) mass is 415 g/mol. The first-order valence-electron chi connectivity index (χ1n) is 8.59. The SMILES string of the molecule is C=CCN(C)C/C=C/COc1ccc([C@@](C)(O)c2ccc(Br)cc2)cc1. The first-order valence-corrected chi connectivity index (χ1v) is 9.39. The number of halogens is 1. The molecule has 2 aromatic carbocycles. The second-order valence-electron chi connectivity index (χ2n) is 6.40. The van der Waals surface area contributed by atoms with Crippen LogP contribution in [0.5, 0.6) is 5.75 Å². The van der Waals surface area contributed by atoms with Crippen LogP contribution in [-0.2, 0) is 5.60 Å². The third-order valence-corrected chi connectivity index (χ3v) is 4.72. The van der Waals surface area contributed by atoms with E-state index in [4.69, 9.17) is 4.74 Å². The molecule has 0 aliphatic carbocycles. The Balaban J connectivity index is 1.92. The van der Waals surface area contributed by atoms with E-state index in [1.165, 1.54) is 0 Å². The lowest BCUT2D eigenvalue weighted by Gasteiger charge is -2.24. The maximum Gasteiger partial charge on any atom is 0.119 e. The Morgan fingerprint density at radius 3 is 2.19 bits per heavy atom. The Kier molecular flexibility index (Phi) is 7.64. The molecule has 0 heterocycles. The number of ether oxygens (including phenoxy) is 1. The summed E-state index contributed by atoms with van der Waals surface area (Å²) in [5.74, 6) is 0.782. The van der Waals surface area contributed by atoms with Gasteiger partial charge in [0.1, 0.15) is 18.0 Å². The van der Waals surface area contributed by atoms with Gasteiger partial charge in [0.15, 0.2) is 0 Å². The molecule has 2 aromatic rings. The zero-order valence-electron chi connectivity index (χ0n) is 15.4. The molecular weight excluding hydrogens is 390 g/mol. The van der Waals surface area contributed by atoms with Gasteiger partial charge in [0, 0.05) is 17.6 Å². The van der Waals surface area contributed by atoms with Crippen molar-refractivity contribution in [1.82, 2.24) is 4.90 Å². The number of hydrogen-bond donors (Lipinski definition) is 1. The lowest BCUT2D eigenvalue weighted by atomic mass is 9.88. The van der Waals surface area contributed by atoms with E-state index in [-0.39, 0.29) is 0 Å². The van der Waals surface area contributed by atoms with Gasteiger partial charge in [-0.05, 0) is 49.4 Å². The minimum absolute atomic E-state index is 0.518. The predicted molar refractivity (Wildman–Crippen MR) is 112 cm³/mol. The Labute approximate surface area is 164 Å². The van der Waals surface area contributed by atoms with E-state index in [0.29, 0.717) is 6.61 Å². The number of likely N-dealkylation sites (N-methyl/N-ethyl adjacent to an activating group) is 1. The van der Waals surface area contributed by atoms with E-state index in [1.54, 1.807) is 6.92 Å². The van der Waals surface area contributed by atoms with Gasteiger partial charge >= 0.3 is 0 Å². The summed E-state index contributed by atoms with van der Waals surface area (Å²) in [6.45, 7) is 7.77. The van der Waals surface area contributed by atoms with Crippen molar-refractivity contribution in [3.05, 3.63) is 88.9 Å². The molecular formula is C22H26BrNO2. The second kappa shape index (κ2) is 9.72. The number of aliphatic hydroxyl groups is 1. The number of nitrogens with zero attached hydrogens (tertiary/aromatic N) is 1. The number of hydrogen-bond acceptors (Lipinski definition) is 3. The molecule has 0 aromatic heterocycles. The highest BCUT2D eigenvalue weighted by Gasteiger charge is 2.25. The topological polar surface area (TPSA) is 32.7 Å². The minimum Gasteiger partial charge on any atom is -0.490 e. The highest BCUT2D eigenvalue weighted by molar-refractivity contribution is 9.10. The number of benzene rings is 2. The summed E-state index contributed by atoms with van der Waals surface area (Å²) in [5, 5.41) is 10.9. The molecule has 26 heavy (non-hydrogen) atoms. The van der Waals surface area contributed by atoms with Crippen LogP contribution in [0, 0.1) is 0 Å². The van der Waals surface area contributed by atoms with Crippen molar-refractivity contribution in [3.63, 3.8) is 0 Å². The van der Waals surface area contributed by atoms with Gasteiger partial charge in [0.2, 0.25) is 0 Å². The fraction of sp³-hybridized carbons (Fsp3) is 0.273. The van der Waals surface area contributed by atoms with Gasteiger partial charge < -0.3 is 9.84 Å². The first kappa shape index (κ1) is 20.4. The minimum atomic E-state index is -1.05. The molecule has 138 valence electrons. The largest absolute Gasteiger partial charge is 0.490 e. The third-order valence-electron chi connectivity index (χ3n) is 4.19. The lowest BCUT2D eigenvalue weighted by Crippen LogP contribution is -2.22. The average Bonchev–Trinajstić information content (AvgIpc) is 2.62. The van der Waals surface area contributed by atoms with Crippen LogP contribution in [0.25, 0.3) is 0 Å². The Hall–Kier alpha value is -1.88. The molecule has 4 heteroatoms. The smallest absolute Gasteiger partial charge is 0.119 e. The van der Waals surface area contributed by atoms with Gasteiger partial charge in [-0.3, -0.25) is 4.90 Å². The Morgan fingerprint density at radius 1 is 1.04 bits per heavy atom. The normalized spacial score (nSPS) is 13.7. The van der Waals surface area contributed by atoms with Crippen LogP contribution in [0.4, 0.5) is 0 Å². The van der Waals surface area contributed by atoms with E-state index < -0.39 is 5.60 Å². The van der Waals surface area contributed by atoms with Crippen molar-refractivity contribution in [2.24, 2.45) is 0 Å². The van der Waals surface area contributed by atoms with Gasteiger partial charge in [0.05, 0.1) is 0 Å². The van der Waals surface area contributed by atoms with Crippen molar-refractivity contribution in [2.75, 3.05) is 26.7 Å². The summed E-state index contributed by atoms with van der Waals surface area (Å²) in [5.41, 5.74) is 0.629. The molecule has 0 amide bonds. The molecule has 0 saturated carbocycles. The summed E-state index contributed by atoms with van der Waals surface area (Å²) < 4.78 is 6.71. The Morgan fingerprint density at radius 2 is 1.62 bits per heavy atom. The van der Waals surface area contributed by atoms with Gasteiger partial charge in [0.25, 0.3) is 0 Å². The molecule has 0 fully saturated rings. The molecule has 0 radical (unpaired) electrons. The van der Waals surface area contributed by atoms with Gasteiger partial charge in [-0.25, -0.2) is 0 Å². The van der Waals surface area contributed by atoms with Gasteiger partial charge in [-0.15, -0.1) is 6.58 Å². The molecule has 0 aliphatic rings. The summed E-state index contributed by atoms with van der Waals surface area (Å²) in [6.07, 6.45) is 5.97. The lowest BCUT2D eigenvalue weighted by molar-refractivity contribution is 0.102. The standard InChI is InChI=1S/C22H26BrNO2/c1-4-15-24(3)16-5-6-17-26-21-13-9-19(10-14-21)22(2,25)18-7-11-20(23)12-8-18/h4-14,25H,1,15-17H2,2-3H3/b6-5+/t22-/m0/s1. The van der Waals surface area contributed by atoms with E-state index in [2.05, 4.69) is 33.5 Å². The summed E-state index contributed by atoms with van der Waals surface area (Å²) in [7, 11) is 2.04. The highest BCUT2D eigenvalue weighted by atomic mass is 79.9. The van der Waals surface area contributed by atoms with Crippen molar-refractivity contribution < 1.29 is 9.84 Å². The molecule has 3 nitrogen and oxygen atoms in total. The average molecular weight is 416 g/mol. The summed E-state index contributed by atoms with van der Waals surface area (Å²) in [6, 6.07) is 15.3. The molecule has 2 rings (SSSR count). The fourth-order valence-electron chi connectivity index (χ4n) is 2.58. The molecule has 0 unspecified atom stereocenters. The van der Waals surface area contributed by atoms with Crippen molar-refractivity contribution >= 4 is 15.9 Å².